The summed E-state index contributed by atoms with van der Waals surface area (Å²) in [5.74, 6) is -0.469. The Balaban J connectivity index is 2.09. The molecular weight excluding hydrogens is 412 g/mol. The van der Waals surface area contributed by atoms with Crippen LogP contribution in [0.5, 0.6) is 0 Å². The number of hydrogen-bond acceptors (Lipinski definition) is 7. The Labute approximate surface area is 193 Å². The molecule has 1 saturated heterocycles. The first-order valence-corrected chi connectivity index (χ1v) is 12.3. The maximum Gasteiger partial charge on any atom is 0.306 e. The number of hydrogen-bond donors (Lipinski definition) is 3. The molecule has 1 heterocycles. The Morgan fingerprint density at radius 2 is 1.53 bits per heavy atom. The van der Waals surface area contributed by atoms with Gasteiger partial charge in [-0.15, -0.1) is 0 Å². The van der Waals surface area contributed by atoms with E-state index >= 15 is 0 Å². The average Bonchev–Trinajstić information content (AvgIpc) is 3.33. The van der Waals surface area contributed by atoms with Gasteiger partial charge in [0, 0.05) is 6.42 Å². The predicted molar refractivity (Wildman–Crippen MR) is 124 cm³/mol. The summed E-state index contributed by atoms with van der Waals surface area (Å²) in [6.07, 6.45) is 16.3. The highest BCUT2D eigenvalue weighted by Gasteiger charge is 2.39. The largest absolute Gasteiger partial charge is 0.454 e. The van der Waals surface area contributed by atoms with E-state index in [9.17, 15) is 15.0 Å². The van der Waals surface area contributed by atoms with Gasteiger partial charge in [0.25, 0.3) is 0 Å². The number of ether oxygens (including phenoxy) is 3. The highest BCUT2D eigenvalue weighted by atomic mass is 16.7. The van der Waals surface area contributed by atoms with Gasteiger partial charge in [-0.25, -0.2) is 0 Å². The molecule has 0 radical (unpaired) electrons. The molecule has 32 heavy (non-hydrogen) atoms. The van der Waals surface area contributed by atoms with E-state index in [2.05, 4.69) is 31.2 Å². The summed E-state index contributed by atoms with van der Waals surface area (Å²) in [6.45, 7) is 2.23. The van der Waals surface area contributed by atoms with E-state index in [4.69, 9.17) is 19.3 Å². The second-order valence-electron chi connectivity index (χ2n) is 8.29. The van der Waals surface area contributed by atoms with Crippen molar-refractivity contribution in [1.82, 2.24) is 0 Å². The van der Waals surface area contributed by atoms with Crippen LogP contribution in [0.1, 0.15) is 84.0 Å². The molecule has 1 aliphatic rings. The number of allylic oxidation sites excluding steroid dienone is 4. The van der Waals surface area contributed by atoms with Gasteiger partial charge in [-0.3, -0.25) is 4.79 Å². The van der Waals surface area contributed by atoms with E-state index in [-0.39, 0.29) is 6.42 Å². The highest BCUT2D eigenvalue weighted by molar-refractivity contribution is 5.69. The summed E-state index contributed by atoms with van der Waals surface area (Å²) in [5.41, 5.74) is 0. The summed E-state index contributed by atoms with van der Waals surface area (Å²) in [5, 5.41) is 28.9. The van der Waals surface area contributed by atoms with Crippen molar-refractivity contribution in [3.8, 4) is 0 Å². The van der Waals surface area contributed by atoms with Crippen molar-refractivity contribution in [2.45, 2.75) is 109 Å². The molecule has 1 rings (SSSR count). The van der Waals surface area contributed by atoms with Crippen molar-refractivity contribution >= 4 is 5.97 Å². The second-order valence-corrected chi connectivity index (χ2v) is 8.29. The van der Waals surface area contributed by atoms with Gasteiger partial charge in [-0.05, 0) is 38.5 Å². The number of aliphatic hydroxyl groups is 3. The summed E-state index contributed by atoms with van der Waals surface area (Å²) in [4.78, 5) is 12.2. The second kappa shape index (κ2) is 19.2. The Morgan fingerprint density at radius 3 is 2.16 bits per heavy atom. The minimum atomic E-state index is -1.48. The molecule has 0 aromatic rings. The van der Waals surface area contributed by atoms with E-state index in [0.717, 1.165) is 38.5 Å². The Morgan fingerprint density at radius 1 is 0.938 bits per heavy atom. The zero-order chi connectivity index (χ0) is 23.4. The van der Waals surface area contributed by atoms with Gasteiger partial charge in [0.05, 0.1) is 19.8 Å². The monoisotopic (exact) mass is 456 g/mol. The predicted octanol–water partition coefficient (Wildman–Crippen LogP) is 3.80. The summed E-state index contributed by atoms with van der Waals surface area (Å²) in [6, 6.07) is 0. The molecule has 3 atom stereocenters. The molecule has 7 heteroatoms. The lowest BCUT2D eigenvalue weighted by molar-refractivity contribution is -0.204. The molecule has 0 saturated carbocycles. The highest BCUT2D eigenvalue weighted by Crippen LogP contribution is 2.19. The number of esters is 1. The molecule has 1 aliphatic heterocycles. The van der Waals surface area contributed by atoms with Gasteiger partial charge in [0.1, 0.15) is 12.2 Å². The van der Waals surface area contributed by atoms with Crippen molar-refractivity contribution in [1.29, 1.82) is 0 Å². The maximum atomic E-state index is 12.2. The number of aliphatic hydroxyl groups excluding tert-OH is 3. The van der Waals surface area contributed by atoms with Crippen LogP contribution < -0.4 is 0 Å². The standard InChI is InChI=1S/C25H44O7/c1-2-3-4-5-6-7-8-9-10-11-12-13-14-15-16-17-22(28)32-24(23(29)21(27)20-26)25-30-18-19-31-25/h6-7,9-10,21,23-27,29H,2-5,8,11-20H2,1H3/b7-6-,10-9-/t21-,23+,24-/m1/s1. The molecule has 0 spiro atoms. The van der Waals surface area contributed by atoms with Crippen LogP contribution in [0.25, 0.3) is 0 Å². The van der Waals surface area contributed by atoms with Crippen molar-refractivity contribution in [2.75, 3.05) is 19.8 Å². The molecule has 0 amide bonds. The molecule has 0 unspecified atom stereocenters. The van der Waals surface area contributed by atoms with Crippen molar-refractivity contribution < 1.29 is 34.3 Å². The van der Waals surface area contributed by atoms with Crippen LogP contribution in [0, 0.1) is 0 Å². The van der Waals surface area contributed by atoms with Gasteiger partial charge in [0.2, 0.25) is 0 Å². The fourth-order valence-corrected chi connectivity index (χ4v) is 3.47. The van der Waals surface area contributed by atoms with E-state index in [1.54, 1.807) is 0 Å². The lowest BCUT2D eigenvalue weighted by atomic mass is 10.1. The minimum Gasteiger partial charge on any atom is -0.454 e. The van der Waals surface area contributed by atoms with Crippen LogP contribution in [0.2, 0.25) is 0 Å². The van der Waals surface area contributed by atoms with Crippen LogP contribution >= 0.6 is 0 Å². The first-order chi connectivity index (χ1) is 15.6. The Bertz CT molecular complexity index is 514. The SMILES string of the molecule is CCCCC/C=C\C/C=C\CCCCCCCC(=O)O[C@@H](C1OCCO1)[C@@H](O)[C@H](O)CO. The summed E-state index contributed by atoms with van der Waals surface area (Å²) in [7, 11) is 0. The summed E-state index contributed by atoms with van der Waals surface area (Å²) >= 11 is 0. The molecule has 7 nitrogen and oxygen atoms in total. The minimum absolute atomic E-state index is 0.232. The van der Waals surface area contributed by atoms with Crippen LogP contribution in [0.3, 0.4) is 0 Å². The van der Waals surface area contributed by atoms with Crippen LogP contribution in [0.4, 0.5) is 0 Å². The molecule has 186 valence electrons. The normalized spacial score (nSPS) is 17.9. The van der Waals surface area contributed by atoms with Crippen molar-refractivity contribution in [3.05, 3.63) is 24.3 Å². The third-order valence-corrected chi connectivity index (χ3v) is 5.43. The quantitative estimate of drug-likeness (QED) is 0.154. The van der Waals surface area contributed by atoms with Gasteiger partial charge < -0.3 is 29.5 Å². The number of unbranched alkanes of at least 4 members (excludes halogenated alkanes) is 8. The van der Waals surface area contributed by atoms with E-state index in [1.165, 1.54) is 25.7 Å². The first-order valence-electron chi connectivity index (χ1n) is 12.3. The van der Waals surface area contributed by atoms with Gasteiger partial charge in [-0.1, -0.05) is 63.3 Å². The molecule has 0 aromatic carbocycles. The van der Waals surface area contributed by atoms with E-state index in [1.807, 2.05) is 0 Å². The zero-order valence-electron chi connectivity index (χ0n) is 19.7. The number of carbonyl (C=O) groups is 1. The van der Waals surface area contributed by atoms with Crippen LogP contribution in [-0.4, -0.2) is 65.7 Å². The van der Waals surface area contributed by atoms with Gasteiger partial charge in [-0.2, -0.15) is 0 Å². The van der Waals surface area contributed by atoms with Gasteiger partial charge in [0.15, 0.2) is 12.4 Å². The van der Waals surface area contributed by atoms with Crippen molar-refractivity contribution in [2.24, 2.45) is 0 Å². The lowest BCUT2D eigenvalue weighted by Gasteiger charge is -2.29. The Kier molecular flexibility index (Phi) is 17.3. The third-order valence-electron chi connectivity index (χ3n) is 5.43. The molecule has 0 bridgehead atoms. The fraction of sp³-hybridized carbons (Fsp3) is 0.800. The smallest absolute Gasteiger partial charge is 0.306 e. The maximum absolute atomic E-state index is 12.2. The fourth-order valence-electron chi connectivity index (χ4n) is 3.47. The topological polar surface area (TPSA) is 105 Å². The van der Waals surface area contributed by atoms with Crippen LogP contribution in [0.15, 0.2) is 24.3 Å². The number of rotatable bonds is 19. The first kappa shape index (κ1) is 28.8. The van der Waals surface area contributed by atoms with Crippen molar-refractivity contribution in [3.63, 3.8) is 0 Å². The Hall–Kier alpha value is -1.25. The number of carbonyl (C=O) groups excluding carboxylic acids is 1. The van der Waals surface area contributed by atoms with E-state index < -0.39 is 37.2 Å². The third kappa shape index (κ3) is 13.3. The van der Waals surface area contributed by atoms with Gasteiger partial charge >= 0.3 is 5.97 Å². The lowest BCUT2D eigenvalue weighted by Crippen LogP contribution is -2.48. The zero-order valence-corrected chi connectivity index (χ0v) is 19.7. The molecule has 0 aliphatic carbocycles. The summed E-state index contributed by atoms with van der Waals surface area (Å²) < 4.78 is 15.9. The van der Waals surface area contributed by atoms with Crippen LogP contribution in [-0.2, 0) is 19.0 Å². The molecule has 0 aromatic heterocycles. The molecular formula is C25H44O7. The van der Waals surface area contributed by atoms with E-state index in [0.29, 0.717) is 19.6 Å². The molecule has 3 N–H and O–H groups in total. The average molecular weight is 457 g/mol. The molecule has 1 fully saturated rings.